The molecule has 4 aliphatic rings. The number of nitrogens with zero attached hydrogens (tertiary/aromatic N) is 2. The highest BCUT2D eigenvalue weighted by Crippen LogP contribution is 2.59. The van der Waals surface area contributed by atoms with Gasteiger partial charge in [0.25, 0.3) is 0 Å². The molecule has 272 valence electrons. The van der Waals surface area contributed by atoms with Crippen molar-refractivity contribution < 1.29 is 4.74 Å². The van der Waals surface area contributed by atoms with Crippen molar-refractivity contribution in [3.05, 3.63) is 178 Å². The van der Waals surface area contributed by atoms with E-state index in [0.29, 0.717) is 5.69 Å². The van der Waals surface area contributed by atoms with Crippen LogP contribution in [0.5, 0.6) is 5.75 Å². The molecule has 56 heavy (non-hydrogen) atoms. The summed E-state index contributed by atoms with van der Waals surface area (Å²) in [6.07, 6.45) is 8.48. The molecule has 11 rings (SSSR count). The average Bonchev–Trinajstić information content (AvgIpc) is 3.63. The van der Waals surface area contributed by atoms with Gasteiger partial charge in [-0.1, -0.05) is 137 Å². The average molecular weight is 725 g/mol. The van der Waals surface area contributed by atoms with Crippen molar-refractivity contribution in [2.45, 2.75) is 63.4 Å². The Balaban J connectivity index is 1.14. The lowest BCUT2D eigenvalue weighted by Gasteiger charge is -2.39. The third-order valence-electron chi connectivity index (χ3n) is 13.7. The van der Waals surface area contributed by atoms with Gasteiger partial charge in [0.2, 0.25) is 0 Å². The summed E-state index contributed by atoms with van der Waals surface area (Å²) in [7, 11) is 0. The minimum Gasteiger partial charge on any atom is -0.472 e. The van der Waals surface area contributed by atoms with Crippen molar-refractivity contribution >= 4 is 39.0 Å². The van der Waals surface area contributed by atoms with E-state index < -0.39 is 5.60 Å². The highest BCUT2D eigenvalue weighted by molar-refractivity contribution is 6.09. The van der Waals surface area contributed by atoms with Gasteiger partial charge >= 0.3 is 0 Å². The number of rotatable bonds is 3. The Labute approximate surface area is 329 Å². The van der Waals surface area contributed by atoms with Gasteiger partial charge in [-0.2, -0.15) is 0 Å². The fraction of sp³-hybridized carbons (Fsp3) is 0.226. The Morgan fingerprint density at radius 2 is 1.29 bits per heavy atom. The fourth-order valence-electron chi connectivity index (χ4n) is 10.8. The van der Waals surface area contributed by atoms with Gasteiger partial charge < -0.3 is 9.64 Å². The van der Waals surface area contributed by atoms with Crippen LogP contribution in [0.4, 0.5) is 11.4 Å². The first kappa shape index (κ1) is 33.2. The Morgan fingerprint density at radius 1 is 0.607 bits per heavy atom. The zero-order valence-electron chi connectivity index (χ0n) is 32.5. The summed E-state index contributed by atoms with van der Waals surface area (Å²) >= 11 is 0. The van der Waals surface area contributed by atoms with E-state index in [4.69, 9.17) is 11.3 Å². The largest absolute Gasteiger partial charge is 0.472 e. The molecule has 2 aliphatic carbocycles. The van der Waals surface area contributed by atoms with E-state index in [1.54, 1.807) is 0 Å². The molecule has 0 amide bonds. The molecule has 0 N–H and O–H groups in total. The molecule has 1 fully saturated rings. The van der Waals surface area contributed by atoms with E-state index in [1.807, 2.05) is 6.07 Å². The molecule has 0 aromatic heterocycles. The van der Waals surface area contributed by atoms with Gasteiger partial charge in [-0.3, -0.25) is 0 Å². The Hall–Kier alpha value is -6.11. The highest BCUT2D eigenvalue weighted by Gasteiger charge is 2.46. The molecule has 1 unspecified atom stereocenters. The first-order chi connectivity index (χ1) is 27.2. The second-order valence-corrected chi connectivity index (χ2v) is 17.4. The van der Waals surface area contributed by atoms with Gasteiger partial charge in [-0.05, 0) is 104 Å². The molecule has 2 heterocycles. The maximum absolute atomic E-state index is 7.79. The summed E-state index contributed by atoms with van der Waals surface area (Å²) in [5.74, 6) is 0.919. The number of fused-ring (bicyclic) bond motifs is 13. The quantitative estimate of drug-likeness (QED) is 0.169. The summed E-state index contributed by atoms with van der Waals surface area (Å²) in [6.45, 7) is 19.4. The van der Waals surface area contributed by atoms with E-state index in [1.165, 1.54) is 85.6 Å². The van der Waals surface area contributed by atoms with E-state index in [9.17, 15) is 0 Å². The second kappa shape index (κ2) is 11.7. The molecule has 0 bridgehead atoms. The summed E-state index contributed by atoms with van der Waals surface area (Å²) in [5, 5.41) is 4.88. The number of anilines is 1. The summed E-state index contributed by atoms with van der Waals surface area (Å²) in [4.78, 5) is 6.35. The number of ether oxygens (including phenoxy) is 1. The van der Waals surface area contributed by atoms with Crippen LogP contribution in [-0.2, 0) is 16.4 Å². The van der Waals surface area contributed by atoms with Gasteiger partial charge in [0.15, 0.2) is 11.3 Å². The van der Waals surface area contributed by atoms with Crippen molar-refractivity contribution in [3.8, 4) is 28.0 Å². The van der Waals surface area contributed by atoms with Crippen molar-refractivity contribution in [1.82, 2.24) is 0 Å². The lowest BCUT2D eigenvalue weighted by molar-refractivity contribution is 0.163. The van der Waals surface area contributed by atoms with Crippen LogP contribution in [0.25, 0.3) is 54.7 Å². The molecular formula is C53H44N2O. The normalized spacial score (nSPS) is 19.4. The van der Waals surface area contributed by atoms with Gasteiger partial charge in [0.05, 0.1) is 6.57 Å². The number of benzene rings is 7. The maximum Gasteiger partial charge on any atom is 0.187 e. The number of piperidine rings is 1. The van der Waals surface area contributed by atoms with Crippen LogP contribution in [0, 0.1) is 6.57 Å². The Kier molecular flexibility index (Phi) is 6.95. The predicted octanol–water partition coefficient (Wildman–Crippen LogP) is 13.5. The van der Waals surface area contributed by atoms with Crippen molar-refractivity contribution in [2.75, 3.05) is 18.0 Å². The van der Waals surface area contributed by atoms with E-state index in [-0.39, 0.29) is 10.8 Å². The lowest BCUT2D eigenvalue weighted by atomic mass is 9.75. The molecule has 0 saturated carbocycles. The minimum absolute atomic E-state index is 0.187. The van der Waals surface area contributed by atoms with Crippen LogP contribution in [-0.4, -0.2) is 13.1 Å². The molecule has 0 radical (unpaired) electrons. The fourth-order valence-corrected chi connectivity index (χ4v) is 10.8. The van der Waals surface area contributed by atoms with E-state index >= 15 is 0 Å². The molecule has 7 aromatic carbocycles. The molecule has 1 saturated heterocycles. The molecule has 0 spiro atoms. The molecule has 1 atom stereocenters. The van der Waals surface area contributed by atoms with Gasteiger partial charge in [0.1, 0.15) is 5.75 Å². The second-order valence-electron chi connectivity index (χ2n) is 17.4. The smallest absolute Gasteiger partial charge is 0.187 e. The predicted molar refractivity (Wildman–Crippen MR) is 232 cm³/mol. The molecule has 3 heteroatoms. The molecule has 3 nitrogen and oxygen atoms in total. The van der Waals surface area contributed by atoms with Crippen molar-refractivity contribution in [2.24, 2.45) is 0 Å². The van der Waals surface area contributed by atoms with Crippen LogP contribution >= 0.6 is 0 Å². The number of hydrogen-bond donors (Lipinski definition) is 0. The van der Waals surface area contributed by atoms with Gasteiger partial charge in [0, 0.05) is 51.7 Å². The topological polar surface area (TPSA) is 16.8 Å². The van der Waals surface area contributed by atoms with Gasteiger partial charge in [-0.25, -0.2) is 4.85 Å². The first-order valence-corrected chi connectivity index (χ1v) is 20.2. The summed E-state index contributed by atoms with van der Waals surface area (Å²) < 4.78 is 7.78. The van der Waals surface area contributed by atoms with E-state index in [2.05, 4.69) is 165 Å². The van der Waals surface area contributed by atoms with E-state index in [0.717, 1.165) is 40.9 Å². The number of hydrogen-bond acceptors (Lipinski definition) is 2. The third-order valence-corrected chi connectivity index (χ3v) is 13.7. The Bertz CT molecular complexity index is 2880. The van der Waals surface area contributed by atoms with Crippen molar-refractivity contribution in [1.29, 1.82) is 0 Å². The zero-order chi connectivity index (χ0) is 38.0. The maximum atomic E-state index is 7.79. The standard InChI is InChI=1S/C53H44N2O/c1-51(2)44-26-17-33-13-7-8-14-38(33)47(44)41-24-20-35(31-45(41)51)53(34-18-22-37(23-19-34)55-29-11-6-12-30-55)28-27-43-49-48(39-15-9-10-16-40(39)50(43)56-53)42-25-21-36(54-5)32-46(42)52(49,3)4/h7-10,13-28,31-32H,6,11-12,29-30H2,1-4H3. The molecule has 2 aliphatic heterocycles. The first-order valence-electron chi connectivity index (χ1n) is 20.2. The van der Waals surface area contributed by atoms with Crippen molar-refractivity contribution in [3.63, 3.8) is 0 Å². The van der Waals surface area contributed by atoms with Crippen LogP contribution in [0.2, 0.25) is 0 Å². The lowest BCUT2D eigenvalue weighted by Crippen LogP contribution is -2.35. The van der Waals surface area contributed by atoms with Gasteiger partial charge in [-0.15, -0.1) is 0 Å². The van der Waals surface area contributed by atoms with Crippen LogP contribution < -0.4 is 9.64 Å². The summed E-state index contributed by atoms with van der Waals surface area (Å²) in [6, 6.07) is 44.7. The Morgan fingerprint density at radius 3 is 2.07 bits per heavy atom. The zero-order valence-corrected chi connectivity index (χ0v) is 32.5. The summed E-state index contributed by atoms with van der Waals surface area (Å²) in [5.41, 5.74) is 14.2. The molecular weight excluding hydrogens is 681 g/mol. The van der Waals surface area contributed by atoms with Crippen LogP contribution in [0.1, 0.15) is 85.9 Å². The SMILES string of the molecule is [C-]#[N+]c1ccc2c(c1)C(C)(C)c1c3c(c4ccccc4c1-2)OC(c1ccc(N2CCCCC2)cc1)(c1ccc2c(c1)C(C)(C)c1ccc4ccccc4c1-2)C=C3. The van der Waals surface area contributed by atoms with Crippen LogP contribution in [0.3, 0.4) is 0 Å². The molecule has 7 aromatic rings. The minimum atomic E-state index is -0.876. The monoisotopic (exact) mass is 724 g/mol. The third kappa shape index (κ3) is 4.45. The highest BCUT2D eigenvalue weighted by atomic mass is 16.5. The van der Waals surface area contributed by atoms with Crippen LogP contribution in [0.15, 0.2) is 127 Å².